The highest BCUT2D eigenvalue weighted by atomic mass is 32.1. The number of hydrogen-bond donors (Lipinski definition) is 1. The fourth-order valence-corrected chi connectivity index (χ4v) is 3.37. The Bertz CT molecular complexity index is 478. The Balaban J connectivity index is 1.95. The lowest BCUT2D eigenvalue weighted by Gasteiger charge is -2.26. The van der Waals surface area contributed by atoms with E-state index in [0.717, 1.165) is 25.7 Å². The van der Waals surface area contributed by atoms with Gasteiger partial charge in [0.25, 0.3) is 5.91 Å². The third kappa shape index (κ3) is 5.13. The van der Waals surface area contributed by atoms with Gasteiger partial charge in [-0.3, -0.25) is 4.79 Å². The zero-order valence-corrected chi connectivity index (χ0v) is 14.2. The highest BCUT2D eigenvalue weighted by Gasteiger charge is 2.27. The van der Waals surface area contributed by atoms with Crippen LogP contribution in [0.5, 0.6) is 0 Å². The number of nitrogens with one attached hydrogen (secondary N) is 1. The van der Waals surface area contributed by atoms with Gasteiger partial charge in [0, 0.05) is 6.04 Å². The van der Waals surface area contributed by atoms with Gasteiger partial charge in [-0.15, -0.1) is 11.3 Å². The normalized spacial score (nSPS) is 17.2. The monoisotopic (exact) mass is 323 g/mol. The third-order valence-electron chi connectivity index (χ3n) is 3.90. The quantitative estimate of drug-likeness (QED) is 0.811. The maximum absolute atomic E-state index is 12.5. The molecule has 1 saturated carbocycles. The molecule has 1 fully saturated rings. The Labute approximate surface area is 136 Å². The number of carbonyl (C=O) groups excluding carboxylic acids is 2. The van der Waals surface area contributed by atoms with Crippen LogP contribution in [0.25, 0.3) is 0 Å². The standard InChI is InChI=1S/C17H25NO3S/c1-12(2)11-14(21-17(20)15-9-6-10-22-15)16(19)18-13-7-4-3-5-8-13/h6,9-10,12-14H,3-5,7-8,11H2,1-2H3,(H,18,19)/t14-/m0/s1. The predicted octanol–water partition coefficient (Wildman–Crippen LogP) is 3.77. The fraction of sp³-hybridized carbons (Fsp3) is 0.647. The molecule has 22 heavy (non-hydrogen) atoms. The second kappa shape index (κ2) is 8.32. The number of hydrogen-bond acceptors (Lipinski definition) is 4. The molecule has 5 heteroatoms. The van der Waals surface area contributed by atoms with E-state index in [1.54, 1.807) is 12.1 Å². The summed E-state index contributed by atoms with van der Waals surface area (Å²) in [6.45, 7) is 4.06. The molecule has 4 nitrogen and oxygen atoms in total. The Morgan fingerprint density at radius 3 is 2.64 bits per heavy atom. The SMILES string of the molecule is CC(C)C[C@H](OC(=O)c1cccs1)C(=O)NC1CCCCC1. The van der Waals surface area contributed by atoms with Crippen molar-refractivity contribution in [2.24, 2.45) is 5.92 Å². The van der Waals surface area contributed by atoms with E-state index >= 15 is 0 Å². The first-order chi connectivity index (χ1) is 10.6. The molecule has 1 amide bonds. The van der Waals surface area contributed by atoms with Crippen LogP contribution >= 0.6 is 11.3 Å². The van der Waals surface area contributed by atoms with Crippen molar-refractivity contribution in [1.29, 1.82) is 0 Å². The summed E-state index contributed by atoms with van der Waals surface area (Å²) in [5, 5.41) is 4.89. The molecule has 1 atom stereocenters. The van der Waals surface area contributed by atoms with Crippen molar-refractivity contribution in [1.82, 2.24) is 5.32 Å². The van der Waals surface area contributed by atoms with Crippen LogP contribution in [0.3, 0.4) is 0 Å². The highest BCUT2D eigenvalue weighted by Crippen LogP contribution is 2.19. The van der Waals surface area contributed by atoms with Crippen molar-refractivity contribution in [3.8, 4) is 0 Å². The van der Waals surface area contributed by atoms with Gasteiger partial charge in [0.2, 0.25) is 0 Å². The molecule has 1 aliphatic rings. The van der Waals surface area contributed by atoms with E-state index in [-0.39, 0.29) is 11.9 Å². The van der Waals surface area contributed by atoms with Crippen molar-refractivity contribution >= 4 is 23.2 Å². The Kier molecular flexibility index (Phi) is 6.43. The first-order valence-corrected chi connectivity index (χ1v) is 8.99. The van der Waals surface area contributed by atoms with Crippen LogP contribution in [0.4, 0.5) is 0 Å². The number of thiophene rings is 1. The van der Waals surface area contributed by atoms with Crippen molar-refractivity contribution in [2.45, 2.75) is 64.5 Å². The molecule has 0 spiro atoms. The maximum atomic E-state index is 12.5. The van der Waals surface area contributed by atoms with Crippen molar-refractivity contribution in [3.05, 3.63) is 22.4 Å². The summed E-state index contributed by atoms with van der Waals surface area (Å²) in [6, 6.07) is 3.76. The summed E-state index contributed by atoms with van der Waals surface area (Å²) < 4.78 is 5.47. The van der Waals surface area contributed by atoms with E-state index in [4.69, 9.17) is 4.74 Å². The lowest BCUT2D eigenvalue weighted by Crippen LogP contribution is -2.44. The minimum absolute atomic E-state index is 0.148. The van der Waals surface area contributed by atoms with Crippen LogP contribution in [0.15, 0.2) is 17.5 Å². The summed E-state index contributed by atoms with van der Waals surface area (Å²) in [5.74, 6) is -0.261. The lowest BCUT2D eigenvalue weighted by atomic mass is 9.95. The summed E-state index contributed by atoms with van der Waals surface area (Å²) in [4.78, 5) is 25.1. The summed E-state index contributed by atoms with van der Waals surface area (Å²) in [7, 11) is 0. The van der Waals surface area contributed by atoms with Gasteiger partial charge in [0.1, 0.15) is 4.88 Å². The number of esters is 1. The molecule has 0 aliphatic heterocycles. The van der Waals surface area contributed by atoms with Gasteiger partial charge in [-0.2, -0.15) is 0 Å². The molecular formula is C17H25NO3S. The van der Waals surface area contributed by atoms with Gasteiger partial charge in [-0.05, 0) is 36.6 Å². The Morgan fingerprint density at radius 2 is 2.05 bits per heavy atom. The van der Waals surface area contributed by atoms with Crippen LogP contribution < -0.4 is 5.32 Å². The van der Waals surface area contributed by atoms with E-state index < -0.39 is 12.1 Å². The molecule has 0 saturated heterocycles. The van der Waals surface area contributed by atoms with Crippen LogP contribution in [0.2, 0.25) is 0 Å². The van der Waals surface area contributed by atoms with Crippen molar-refractivity contribution in [3.63, 3.8) is 0 Å². The molecule has 1 aliphatic carbocycles. The average Bonchev–Trinajstić information content (AvgIpc) is 3.01. The van der Waals surface area contributed by atoms with Crippen LogP contribution in [0.1, 0.15) is 62.0 Å². The van der Waals surface area contributed by atoms with E-state index in [1.165, 1.54) is 17.8 Å². The lowest BCUT2D eigenvalue weighted by molar-refractivity contribution is -0.131. The minimum Gasteiger partial charge on any atom is -0.448 e. The number of carbonyl (C=O) groups is 2. The van der Waals surface area contributed by atoms with E-state index in [1.807, 2.05) is 19.2 Å². The van der Waals surface area contributed by atoms with E-state index in [0.29, 0.717) is 17.2 Å². The maximum Gasteiger partial charge on any atom is 0.349 e. The Hall–Kier alpha value is -1.36. The third-order valence-corrected chi connectivity index (χ3v) is 4.75. The molecular weight excluding hydrogens is 298 g/mol. The minimum atomic E-state index is -0.698. The summed E-state index contributed by atoms with van der Waals surface area (Å²) in [5.41, 5.74) is 0. The molecule has 122 valence electrons. The summed E-state index contributed by atoms with van der Waals surface area (Å²) >= 11 is 1.33. The molecule has 1 aromatic heterocycles. The average molecular weight is 323 g/mol. The molecule has 0 unspecified atom stereocenters. The summed E-state index contributed by atoms with van der Waals surface area (Å²) in [6.07, 6.45) is 5.48. The van der Waals surface area contributed by atoms with Gasteiger partial charge < -0.3 is 10.1 Å². The largest absolute Gasteiger partial charge is 0.448 e. The van der Waals surface area contributed by atoms with Crippen molar-refractivity contribution in [2.75, 3.05) is 0 Å². The first kappa shape index (κ1) is 17.0. The molecule has 1 heterocycles. The van der Waals surface area contributed by atoms with Crippen LogP contribution in [0, 0.1) is 5.92 Å². The van der Waals surface area contributed by atoms with E-state index in [9.17, 15) is 9.59 Å². The first-order valence-electron chi connectivity index (χ1n) is 8.11. The second-order valence-electron chi connectivity index (χ2n) is 6.34. The molecule has 0 radical (unpaired) electrons. The van der Waals surface area contributed by atoms with Crippen LogP contribution in [-0.2, 0) is 9.53 Å². The zero-order chi connectivity index (χ0) is 15.9. The fourth-order valence-electron chi connectivity index (χ4n) is 2.76. The predicted molar refractivity (Wildman–Crippen MR) is 88.0 cm³/mol. The molecule has 1 N–H and O–H groups in total. The smallest absolute Gasteiger partial charge is 0.349 e. The Morgan fingerprint density at radius 1 is 1.32 bits per heavy atom. The van der Waals surface area contributed by atoms with Gasteiger partial charge in [0.15, 0.2) is 6.10 Å². The number of rotatable bonds is 6. The van der Waals surface area contributed by atoms with E-state index in [2.05, 4.69) is 5.32 Å². The molecule has 0 bridgehead atoms. The van der Waals surface area contributed by atoms with Gasteiger partial charge in [-0.25, -0.2) is 4.79 Å². The zero-order valence-electron chi connectivity index (χ0n) is 13.3. The second-order valence-corrected chi connectivity index (χ2v) is 7.29. The van der Waals surface area contributed by atoms with Gasteiger partial charge in [0.05, 0.1) is 0 Å². The van der Waals surface area contributed by atoms with Gasteiger partial charge >= 0.3 is 5.97 Å². The number of amides is 1. The molecule has 1 aromatic rings. The highest BCUT2D eigenvalue weighted by molar-refractivity contribution is 7.11. The van der Waals surface area contributed by atoms with Crippen molar-refractivity contribution < 1.29 is 14.3 Å². The molecule has 0 aromatic carbocycles. The van der Waals surface area contributed by atoms with Crippen LogP contribution in [-0.4, -0.2) is 24.0 Å². The van der Waals surface area contributed by atoms with Gasteiger partial charge in [-0.1, -0.05) is 39.2 Å². The topological polar surface area (TPSA) is 55.4 Å². The number of ether oxygens (including phenoxy) is 1. The molecule has 2 rings (SSSR count).